The number of nitrogens with zero attached hydrogens (tertiary/aromatic N) is 1. The molecule has 0 saturated carbocycles. The smallest absolute Gasteiger partial charge is 0.235 e. The van der Waals surface area contributed by atoms with E-state index in [1.807, 2.05) is 0 Å². The first kappa shape index (κ1) is 21.0. The van der Waals surface area contributed by atoms with Gasteiger partial charge in [-0.1, -0.05) is 52.3 Å². The van der Waals surface area contributed by atoms with Crippen molar-refractivity contribution in [3.8, 4) is 0 Å². The lowest BCUT2D eigenvalue weighted by atomic mass is 10.00. The van der Waals surface area contributed by atoms with Gasteiger partial charge in [0, 0.05) is 30.7 Å². The number of halogens is 1. The minimum absolute atomic E-state index is 0.124. The number of hydrogen-bond donors (Lipinski definition) is 1. The van der Waals surface area contributed by atoms with Crippen molar-refractivity contribution in [2.75, 3.05) is 25.4 Å². The molecule has 0 bridgehead atoms. The molecule has 0 unspecified atom stereocenters. The molecule has 0 saturated heterocycles. The van der Waals surface area contributed by atoms with Gasteiger partial charge in [0.1, 0.15) is 5.75 Å². The Balaban J connectivity index is 1.37. The van der Waals surface area contributed by atoms with Crippen LogP contribution in [0.3, 0.4) is 0 Å². The maximum atomic E-state index is 12.2. The van der Waals surface area contributed by atoms with Crippen LogP contribution in [0.15, 0.2) is 53.0 Å². The van der Waals surface area contributed by atoms with Gasteiger partial charge >= 0.3 is 0 Å². The zero-order chi connectivity index (χ0) is 20.0. The number of hydrogen-bond acceptors (Lipinski definition) is 4. The molecule has 1 aliphatic rings. The van der Waals surface area contributed by atoms with Crippen molar-refractivity contribution in [1.29, 1.82) is 0 Å². The predicted octanol–water partition coefficient (Wildman–Crippen LogP) is 2.93. The van der Waals surface area contributed by atoms with E-state index >= 15 is 0 Å². The van der Waals surface area contributed by atoms with Crippen molar-refractivity contribution in [3.63, 3.8) is 0 Å². The Morgan fingerprint density at radius 1 is 1.07 bits per heavy atom. The molecule has 2 aromatic carbocycles. The summed E-state index contributed by atoms with van der Waals surface area (Å²) < 4.78 is 25.3. The first-order valence-corrected chi connectivity index (χ1v) is 12.0. The topological polar surface area (TPSA) is 66.5 Å². The summed E-state index contributed by atoms with van der Waals surface area (Å²) in [6.45, 7) is 3.34. The monoisotopic (exact) mass is 464 g/mol. The van der Waals surface area contributed by atoms with E-state index in [9.17, 15) is 13.2 Å². The second-order valence-electron chi connectivity index (χ2n) is 7.16. The van der Waals surface area contributed by atoms with Gasteiger partial charge in [-0.2, -0.15) is 0 Å². The van der Waals surface area contributed by atoms with E-state index in [1.165, 1.54) is 11.1 Å². The van der Waals surface area contributed by atoms with Crippen LogP contribution in [0.1, 0.15) is 23.1 Å². The molecule has 1 N–H and O–H groups in total. The fraction of sp³-hybridized carbons (Fsp3) is 0.381. The summed E-state index contributed by atoms with van der Waals surface area (Å²) in [7, 11) is -3.48. The zero-order valence-electron chi connectivity index (χ0n) is 15.7. The second kappa shape index (κ2) is 9.67. The van der Waals surface area contributed by atoms with Crippen LogP contribution in [0.4, 0.5) is 0 Å². The van der Waals surface area contributed by atoms with Crippen LogP contribution >= 0.6 is 15.9 Å². The molecule has 0 radical (unpaired) electrons. The number of sulfone groups is 1. The Morgan fingerprint density at radius 3 is 2.54 bits per heavy atom. The number of carbonyl (C=O) groups is 1. The van der Waals surface area contributed by atoms with Crippen molar-refractivity contribution in [3.05, 3.63) is 69.7 Å². The van der Waals surface area contributed by atoms with Gasteiger partial charge in [-0.15, -0.1) is 0 Å². The second-order valence-corrected chi connectivity index (χ2v) is 10.1. The summed E-state index contributed by atoms with van der Waals surface area (Å²) >= 11 is 3.32. The Bertz CT molecular complexity index is 914. The number of fused-ring (bicyclic) bond motifs is 1. The van der Waals surface area contributed by atoms with Gasteiger partial charge in [0.15, 0.2) is 9.84 Å². The molecule has 0 fully saturated rings. The lowest BCUT2D eigenvalue weighted by molar-refractivity contribution is -0.118. The lowest BCUT2D eigenvalue weighted by Crippen LogP contribution is -2.35. The van der Waals surface area contributed by atoms with Gasteiger partial charge in [-0.3, -0.25) is 9.69 Å². The van der Waals surface area contributed by atoms with Gasteiger partial charge in [0.2, 0.25) is 5.91 Å². The third-order valence-electron chi connectivity index (χ3n) is 4.83. The Labute approximate surface area is 175 Å². The highest BCUT2D eigenvalue weighted by atomic mass is 79.9. The summed E-state index contributed by atoms with van der Waals surface area (Å²) in [6, 6.07) is 15.6. The Morgan fingerprint density at radius 2 is 1.79 bits per heavy atom. The van der Waals surface area contributed by atoms with E-state index in [1.54, 1.807) is 24.3 Å². The molecule has 1 heterocycles. The van der Waals surface area contributed by atoms with E-state index < -0.39 is 21.5 Å². The molecule has 0 aromatic heterocycles. The van der Waals surface area contributed by atoms with Crippen LogP contribution in [0, 0.1) is 0 Å². The molecule has 3 rings (SSSR count). The summed E-state index contributed by atoms with van der Waals surface area (Å²) in [5, 5.41) is 2.74. The summed E-state index contributed by atoms with van der Waals surface area (Å²) in [5.41, 5.74) is 3.47. The van der Waals surface area contributed by atoms with Gasteiger partial charge in [0.25, 0.3) is 0 Å². The van der Waals surface area contributed by atoms with E-state index in [-0.39, 0.29) is 5.75 Å². The van der Waals surface area contributed by atoms with Gasteiger partial charge < -0.3 is 5.32 Å². The molecule has 0 aliphatic carbocycles. The first-order valence-electron chi connectivity index (χ1n) is 9.42. The molecule has 0 atom stereocenters. The van der Waals surface area contributed by atoms with Crippen LogP contribution in [0.25, 0.3) is 0 Å². The van der Waals surface area contributed by atoms with Crippen molar-refractivity contribution < 1.29 is 13.2 Å². The normalized spacial score (nSPS) is 14.5. The van der Waals surface area contributed by atoms with Crippen LogP contribution in [-0.2, 0) is 33.4 Å². The Kier molecular flexibility index (Phi) is 7.26. The van der Waals surface area contributed by atoms with Crippen LogP contribution in [-0.4, -0.2) is 44.6 Å². The highest BCUT2D eigenvalue weighted by Gasteiger charge is 2.18. The molecule has 7 heteroatoms. The van der Waals surface area contributed by atoms with Gasteiger partial charge in [-0.25, -0.2) is 8.42 Å². The van der Waals surface area contributed by atoms with Crippen molar-refractivity contribution in [2.24, 2.45) is 0 Å². The summed E-state index contributed by atoms with van der Waals surface area (Å²) in [6.07, 6.45) is 1.86. The van der Waals surface area contributed by atoms with E-state index in [4.69, 9.17) is 0 Å². The Hall–Kier alpha value is -1.70. The summed E-state index contributed by atoms with van der Waals surface area (Å²) in [5.74, 6) is -1.03. The average molecular weight is 465 g/mol. The minimum atomic E-state index is -3.48. The van der Waals surface area contributed by atoms with Crippen LogP contribution < -0.4 is 5.32 Å². The molecule has 1 aliphatic heterocycles. The first-order chi connectivity index (χ1) is 13.4. The van der Waals surface area contributed by atoms with Crippen molar-refractivity contribution >= 4 is 31.7 Å². The SMILES string of the molecule is O=C(CS(=O)(=O)Cc1ccc(Br)cc1)NCCCN1CCc2ccccc2C1. The molecule has 2 aromatic rings. The van der Waals surface area contributed by atoms with E-state index in [2.05, 4.69) is 50.4 Å². The van der Waals surface area contributed by atoms with Gasteiger partial charge in [-0.05, 0) is 41.7 Å². The maximum Gasteiger partial charge on any atom is 0.235 e. The molecule has 5 nitrogen and oxygen atoms in total. The molecule has 150 valence electrons. The fourth-order valence-electron chi connectivity index (χ4n) is 3.41. The average Bonchev–Trinajstić information content (AvgIpc) is 2.66. The number of carbonyl (C=O) groups excluding carboxylic acids is 1. The number of amides is 1. The number of benzene rings is 2. The fourth-order valence-corrected chi connectivity index (χ4v) is 4.98. The summed E-state index contributed by atoms with van der Waals surface area (Å²) in [4.78, 5) is 14.4. The van der Waals surface area contributed by atoms with Crippen LogP contribution in [0.2, 0.25) is 0 Å². The zero-order valence-corrected chi connectivity index (χ0v) is 18.1. The van der Waals surface area contributed by atoms with Crippen molar-refractivity contribution in [1.82, 2.24) is 10.2 Å². The molecular formula is C21H25BrN2O3S. The third-order valence-corrected chi connectivity index (χ3v) is 6.84. The van der Waals surface area contributed by atoms with Crippen LogP contribution in [0.5, 0.6) is 0 Å². The molecule has 28 heavy (non-hydrogen) atoms. The van der Waals surface area contributed by atoms with E-state index in [0.717, 1.165) is 36.9 Å². The highest BCUT2D eigenvalue weighted by Crippen LogP contribution is 2.18. The maximum absolute atomic E-state index is 12.2. The van der Waals surface area contributed by atoms with Gasteiger partial charge in [0.05, 0.1) is 5.75 Å². The number of nitrogens with one attached hydrogen (secondary N) is 1. The highest BCUT2D eigenvalue weighted by molar-refractivity contribution is 9.10. The predicted molar refractivity (Wildman–Crippen MR) is 115 cm³/mol. The third kappa shape index (κ3) is 6.43. The molecule has 1 amide bonds. The van der Waals surface area contributed by atoms with E-state index in [0.29, 0.717) is 12.1 Å². The molecular weight excluding hydrogens is 440 g/mol. The van der Waals surface area contributed by atoms with Crippen molar-refractivity contribution in [2.45, 2.75) is 25.1 Å². The molecule has 0 spiro atoms. The lowest BCUT2D eigenvalue weighted by Gasteiger charge is -2.28. The standard InChI is InChI=1S/C21H25BrN2O3S/c22-20-8-6-17(7-9-20)15-28(26,27)16-21(25)23-11-3-12-24-13-10-18-4-1-2-5-19(18)14-24/h1-2,4-9H,3,10-16H2,(H,23,25). The quantitative estimate of drug-likeness (QED) is 0.609. The largest absolute Gasteiger partial charge is 0.355 e. The minimum Gasteiger partial charge on any atom is -0.355 e. The number of rotatable bonds is 8.